The zero-order valence-corrected chi connectivity index (χ0v) is 30.2. The molecule has 12 heteroatoms. The number of aromatic nitrogens is 5. The fourth-order valence-corrected chi connectivity index (χ4v) is 6.57. The van der Waals surface area contributed by atoms with Gasteiger partial charge in [-0.15, -0.1) is 10.2 Å². The van der Waals surface area contributed by atoms with E-state index in [0.717, 1.165) is 67.6 Å². The van der Waals surface area contributed by atoms with Gasteiger partial charge in [-0.05, 0) is 55.5 Å². The number of Topliss-reactive ketones (excluding diaryl/α,β-unsaturated/α-hetero) is 1. The van der Waals surface area contributed by atoms with Crippen LogP contribution in [0.2, 0.25) is 0 Å². The van der Waals surface area contributed by atoms with E-state index in [1.165, 1.54) is 0 Å². The molecule has 0 unspecified atom stereocenters. The van der Waals surface area contributed by atoms with E-state index in [0.29, 0.717) is 37.2 Å². The van der Waals surface area contributed by atoms with Crippen molar-refractivity contribution in [2.75, 3.05) is 38.2 Å². The van der Waals surface area contributed by atoms with E-state index < -0.39 is 6.03 Å². The van der Waals surface area contributed by atoms with Gasteiger partial charge in [0, 0.05) is 43.0 Å². The Kier molecular flexibility index (Phi) is 10.5. The highest BCUT2D eigenvalue weighted by Crippen LogP contribution is 2.39. The van der Waals surface area contributed by atoms with E-state index in [1.807, 2.05) is 61.7 Å². The molecule has 1 fully saturated rings. The number of carbonyl (C=O) groups excluding carboxylic acids is 2. The molecule has 1 saturated heterocycles. The highest BCUT2D eigenvalue weighted by Gasteiger charge is 2.30. The first kappa shape index (κ1) is 35.4. The molecule has 50 heavy (non-hydrogen) atoms. The molecule has 12 nitrogen and oxygen atoms in total. The SMILES string of the molecule is CC(C)(C)c1cc(NC(=O)N[C@H]2CC[C@@H](Oc3ccc4nnc(C(C)(C)C)n4c3)c3ccccc32)nc(C(=O)CCCN2CCCOCC2)n1. The summed E-state index contributed by atoms with van der Waals surface area (Å²) in [4.78, 5) is 38.2. The van der Waals surface area contributed by atoms with Gasteiger partial charge >= 0.3 is 6.03 Å². The number of carbonyl (C=O) groups is 2. The number of nitrogens with zero attached hydrogens (tertiary/aromatic N) is 6. The zero-order chi connectivity index (χ0) is 35.5. The molecule has 0 spiro atoms. The minimum absolute atomic E-state index is 0.129. The molecular weight excluding hydrogens is 632 g/mol. The maximum Gasteiger partial charge on any atom is 0.320 e. The number of fused-ring (bicyclic) bond motifs is 2. The Labute approximate surface area is 294 Å². The molecule has 0 radical (unpaired) electrons. The van der Waals surface area contributed by atoms with Crippen LogP contribution in [0, 0.1) is 0 Å². The molecule has 1 aliphatic heterocycles. The van der Waals surface area contributed by atoms with E-state index in [4.69, 9.17) is 9.47 Å². The molecular formula is C38H50N8O4. The molecule has 266 valence electrons. The van der Waals surface area contributed by atoms with Crippen molar-refractivity contribution < 1.29 is 19.1 Å². The lowest BCUT2D eigenvalue weighted by Gasteiger charge is -2.32. The van der Waals surface area contributed by atoms with Gasteiger partial charge < -0.3 is 19.7 Å². The van der Waals surface area contributed by atoms with Crippen LogP contribution in [0.15, 0.2) is 48.7 Å². The third-order valence-corrected chi connectivity index (χ3v) is 9.24. The quantitative estimate of drug-likeness (QED) is 0.188. The first-order valence-corrected chi connectivity index (χ1v) is 17.8. The summed E-state index contributed by atoms with van der Waals surface area (Å²) in [5, 5.41) is 14.8. The van der Waals surface area contributed by atoms with Crippen molar-refractivity contribution in [1.82, 2.24) is 34.8 Å². The second-order valence-corrected chi connectivity index (χ2v) is 15.4. The lowest BCUT2D eigenvalue weighted by Crippen LogP contribution is -2.36. The summed E-state index contributed by atoms with van der Waals surface area (Å²) in [6, 6.07) is 13.0. The van der Waals surface area contributed by atoms with Gasteiger partial charge in [0.1, 0.15) is 23.5 Å². The average molecular weight is 683 g/mol. The molecule has 0 bridgehead atoms. The molecule has 6 rings (SSSR count). The molecule has 3 aromatic heterocycles. The molecule has 2 amide bonds. The number of hydrogen-bond acceptors (Lipinski definition) is 9. The van der Waals surface area contributed by atoms with Crippen molar-refractivity contribution in [1.29, 1.82) is 0 Å². The highest BCUT2D eigenvalue weighted by atomic mass is 16.5. The molecule has 4 heterocycles. The van der Waals surface area contributed by atoms with Crippen LogP contribution in [0.25, 0.3) is 5.65 Å². The number of ketones is 1. The van der Waals surface area contributed by atoms with E-state index in [9.17, 15) is 9.59 Å². The Morgan fingerprint density at radius 2 is 1.74 bits per heavy atom. The third kappa shape index (κ3) is 8.47. The lowest BCUT2D eigenvalue weighted by molar-refractivity contribution is 0.0963. The van der Waals surface area contributed by atoms with Gasteiger partial charge in [-0.1, -0.05) is 65.8 Å². The first-order valence-electron chi connectivity index (χ1n) is 17.8. The predicted molar refractivity (Wildman–Crippen MR) is 192 cm³/mol. The van der Waals surface area contributed by atoms with E-state index in [-0.39, 0.29) is 34.6 Å². The van der Waals surface area contributed by atoms with Gasteiger partial charge in [0.05, 0.1) is 24.5 Å². The van der Waals surface area contributed by atoms with Gasteiger partial charge in [-0.3, -0.25) is 14.5 Å². The number of rotatable bonds is 9. The molecule has 2 N–H and O–H groups in total. The largest absolute Gasteiger partial charge is 0.484 e. The van der Waals surface area contributed by atoms with Crippen LogP contribution in [0.4, 0.5) is 10.6 Å². The number of benzene rings is 1. The molecule has 2 aliphatic rings. The number of anilines is 1. The Morgan fingerprint density at radius 3 is 2.52 bits per heavy atom. The van der Waals surface area contributed by atoms with Crippen LogP contribution >= 0.6 is 0 Å². The fraction of sp³-hybridized carbons (Fsp3) is 0.526. The van der Waals surface area contributed by atoms with Gasteiger partial charge in [0.2, 0.25) is 0 Å². The summed E-state index contributed by atoms with van der Waals surface area (Å²) in [7, 11) is 0. The minimum Gasteiger partial charge on any atom is -0.484 e. The summed E-state index contributed by atoms with van der Waals surface area (Å²) in [5.41, 5.74) is 2.98. The molecule has 1 aromatic carbocycles. The standard InChI is InChI=1S/C38H50N8O4/c1-37(2,3)31-23-32(41-34(40-31)29(47)13-9-18-45-19-10-21-49-22-20-45)42-36(48)39-28-15-16-30(27-12-8-7-11-26(27)28)50-25-14-17-33-43-44-35(38(4,5)6)46(33)24-25/h7-8,11-12,14,17,23-24,28,30H,9-10,13,15-16,18-22H2,1-6H3,(H2,39,40,41,42,48)/t28-,30+/m0/s1. The summed E-state index contributed by atoms with van der Waals surface area (Å²) in [6.07, 6.45) is 5.21. The number of ether oxygens (including phenoxy) is 2. The van der Waals surface area contributed by atoms with Gasteiger partial charge in [0.25, 0.3) is 0 Å². The minimum atomic E-state index is -0.391. The normalized spacial score (nSPS) is 18.7. The van der Waals surface area contributed by atoms with Gasteiger partial charge in [-0.25, -0.2) is 14.8 Å². The number of nitrogens with one attached hydrogen (secondary N) is 2. The van der Waals surface area contributed by atoms with Crippen molar-refractivity contribution in [3.8, 4) is 5.75 Å². The number of urea groups is 1. The fourth-order valence-electron chi connectivity index (χ4n) is 6.57. The predicted octanol–water partition coefficient (Wildman–Crippen LogP) is 6.58. The topological polar surface area (TPSA) is 136 Å². The second-order valence-electron chi connectivity index (χ2n) is 15.4. The highest BCUT2D eigenvalue weighted by molar-refractivity contribution is 5.94. The number of pyridine rings is 1. The van der Waals surface area contributed by atoms with E-state index >= 15 is 0 Å². The smallest absolute Gasteiger partial charge is 0.320 e. The average Bonchev–Trinajstić information content (AvgIpc) is 3.33. The van der Waals surface area contributed by atoms with Gasteiger partial charge in [0.15, 0.2) is 17.3 Å². The van der Waals surface area contributed by atoms with Crippen molar-refractivity contribution in [3.05, 3.63) is 77.1 Å². The van der Waals surface area contributed by atoms with E-state index in [2.05, 4.69) is 62.5 Å². The van der Waals surface area contributed by atoms with Crippen molar-refractivity contribution in [2.45, 2.75) is 96.6 Å². The first-order chi connectivity index (χ1) is 23.8. The summed E-state index contributed by atoms with van der Waals surface area (Å²) >= 11 is 0. The van der Waals surface area contributed by atoms with Crippen LogP contribution in [-0.4, -0.2) is 74.1 Å². The Hall–Kier alpha value is -4.42. The summed E-state index contributed by atoms with van der Waals surface area (Å²) < 4.78 is 14.1. The maximum absolute atomic E-state index is 13.5. The molecule has 4 aromatic rings. The monoisotopic (exact) mass is 682 g/mol. The van der Waals surface area contributed by atoms with Crippen LogP contribution in [0.5, 0.6) is 5.75 Å². The van der Waals surface area contributed by atoms with Crippen LogP contribution < -0.4 is 15.4 Å². The number of amides is 2. The van der Waals surface area contributed by atoms with E-state index in [1.54, 1.807) is 6.07 Å². The maximum atomic E-state index is 13.5. The number of hydrogen-bond donors (Lipinski definition) is 2. The van der Waals surface area contributed by atoms with Crippen LogP contribution in [0.1, 0.15) is 119 Å². The van der Waals surface area contributed by atoms with Crippen molar-refractivity contribution >= 4 is 23.3 Å². The van der Waals surface area contributed by atoms with Crippen LogP contribution in [-0.2, 0) is 15.6 Å². The molecule has 1 aliphatic carbocycles. The molecule has 0 saturated carbocycles. The Bertz CT molecular complexity index is 1820. The lowest BCUT2D eigenvalue weighted by atomic mass is 9.85. The Balaban J connectivity index is 1.13. The van der Waals surface area contributed by atoms with Crippen molar-refractivity contribution in [2.24, 2.45) is 0 Å². The third-order valence-electron chi connectivity index (χ3n) is 9.24. The summed E-state index contributed by atoms with van der Waals surface area (Å²) in [5.74, 6) is 1.91. The van der Waals surface area contributed by atoms with Gasteiger partial charge in [-0.2, -0.15) is 0 Å². The zero-order valence-electron chi connectivity index (χ0n) is 30.2. The molecule has 2 atom stereocenters. The van der Waals surface area contributed by atoms with Crippen molar-refractivity contribution in [3.63, 3.8) is 0 Å². The summed E-state index contributed by atoms with van der Waals surface area (Å²) in [6.45, 7) is 16.6. The van der Waals surface area contributed by atoms with Crippen LogP contribution in [0.3, 0.4) is 0 Å². The Morgan fingerprint density at radius 1 is 0.940 bits per heavy atom. The second kappa shape index (κ2) is 14.8.